The van der Waals surface area contributed by atoms with Gasteiger partial charge in [-0.3, -0.25) is 4.79 Å². The summed E-state index contributed by atoms with van der Waals surface area (Å²) in [6, 6.07) is 5.56. The highest BCUT2D eigenvalue weighted by Crippen LogP contribution is 2.38. The third kappa shape index (κ3) is 4.02. The van der Waals surface area contributed by atoms with Gasteiger partial charge in [-0.2, -0.15) is 0 Å². The lowest BCUT2D eigenvalue weighted by Crippen LogP contribution is -3.12. The third-order valence-corrected chi connectivity index (χ3v) is 3.89. The molecular weight excluding hydrogens is 292 g/mol. The van der Waals surface area contributed by atoms with Gasteiger partial charge in [0.25, 0.3) is 5.91 Å². The summed E-state index contributed by atoms with van der Waals surface area (Å²) in [5, 5.41) is 2.95. The number of hydrogen-bond donors (Lipinski definition) is 2. The molecule has 1 saturated heterocycles. The summed E-state index contributed by atoms with van der Waals surface area (Å²) in [4.78, 5) is 13.5. The quantitative estimate of drug-likeness (QED) is 0.667. The van der Waals surface area contributed by atoms with Crippen LogP contribution in [-0.4, -0.2) is 32.3 Å². The number of carbonyl (C=O) groups excluding carboxylic acids is 1. The number of rotatable bonds is 3. The van der Waals surface area contributed by atoms with E-state index in [0.717, 1.165) is 13.1 Å². The van der Waals surface area contributed by atoms with Crippen LogP contribution in [0.1, 0.15) is 25.7 Å². The molecule has 2 aliphatic rings. The van der Waals surface area contributed by atoms with E-state index >= 15 is 0 Å². The summed E-state index contributed by atoms with van der Waals surface area (Å²) in [7, 11) is 0. The van der Waals surface area contributed by atoms with E-state index in [-0.39, 0.29) is 25.1 Å². The smallest absolute Gasteiger partial charge is 0.279 e. The fourth-order valence-electron chi connectivity index (χ4n) is 2.86. The Morgan fingerprint density at radius 3 is 2.67 bits per heavy atom. The second kappa shape index (κ2) is 7.52. The van der Waals surface area contributed by atoms with Crippen molar-refractivity contribution in [2.24, 2.45) is 0 Å². The van der Waals surface area contributed by atoms with E-state index in [1.54, 1.807) is 0 Å². The second-order valence-electron chi connectivity index (χ2n) is 5.43. The summed E-state index contributed by atoms with van der Waals surface area (Å²) in [5.74, 6) is 1.39. The largest absolute Gasteiger partial charge is 1.00 e. The van der Waals surface area contributed by atoms with Gasteiger partial charge >= 0.3 is 0 Å². The van der Waals surface area contributed by atoms with Gasteiger partial charge in [-0.15, -0.1) is 0 Å². The van der Waals surface area contributed by atoms with Crippen LogP contribution in [0.25, 0.3) is 0 Å². The number of anilines is 1. The SMILES string of the molecule is O=C(C[NH+]1CCCCCC1)Nc1cccc2c1OCO2.[Cl-]. The van der Waals surface area contributed by atoms with E-state index in [1.165, 1.54) is 30.6 Å². The number of ether oxygens (including phenoxy) is 2. The van der Waals surface area contributed by atoms with Crippen LogP contribution in [0.5, 0.6) is 11.5 Å². The van der Waals surface area contributed by atoms with Crippen molar-refractivity contribution in [1.82, 2.24) is 0 Å². The molecule has 116 valence electrons. The van der Waals surface area contributed by atoms with Crippen molar-refractivity contribution in [3.63, 3.8) is 0 Å². The molecule has 1 aromatic rings. The maximum atomic E-state index is 12.2. The van der Waals surface area contributed by atoms with Crippen molar-refractivity contribution in [3.8, 4) is 11.5 Å². The molecule has 1 amide bonds. The van der Waals surface area contributed by atoms with Gasteiger partial charge in [-0.1, -0.05) is 6.07 Å². The number of para-hydroxylation sites is 1. The minimum absolute atomic E-state index is 0. The number of carbonyl (C=O) groups is 1. The molecule has 0 aliphatic carbocycles. The van der Waals surface area contributed by atoms with E-state index in [1.807, 2.05) is 18.2 Å². The van der Waals surface area contributed by atoms with Crippen molar-refractivity contribution in [2.75, 3.05) is 31.7 Å². The lowest BCUT2D eigenvalue weighted by molar-refractivity contribution is -0.890. The fraction of sp³-hybridized carbons (Fsp3) is 0.533. The molecule has 0 saturated carbocycles. The summed E-state index contributed by atoms with van der Waals surface area (Å²) in [6.07, 6.45) is 5.03. The van der Waals surface area contributed by atoms with Crippen molar-refractivity contribution in [3.05, 3.63) is 18.2 Å². The molecule has 1 aromatic carbocycles. The van der Waals surface area contributed by atoms with Crippen molar-refractivity contribution in [2.45, 2.75) is 25.7 Å². The van der Waals surface area contributed by atoms with Gasteiger partial charge in [0.05, 0.1) is 18.8 Å². The Balaban J connectivity index is 0.00000161. The molecule has 0 bridgehead atoms. The highest BCUT2D eigenvalue weighted by Gasteiger charge is 2.21. The minimum Gasteiger partial charge on any atom is -1.00 e. The van der Waals surface area contributed by atoms with Gasteiger partial charge in [0.2, 0.25) is 6.79 Å². The number of fused-ring (bicyclic) bond motifs is 1. The predicted molar refractivity (Wildman–Crippen MR) is 75.2 cm³/mol. The summed E-state index contributed by atoms with van der Waals surface area (Å²) in [5.41, 5.74) is 0.708. The Morgan fingerprint density at radius 2 is 1.90 bits per heavy atom. The molecule has 2 N–H and O–H groups in total. The maximum absolute atomic E-state index is 12.2. The van der Waals surface area contributed by atoms with Crippen molar-refractivity contribution in [1.29, 1.82) is 0 Å². The van der Waals surface area contributed by atoms with Gasteiger partial charge in [0, 0.05) is 0 Å². The number of benzene rings is 1. The Morgan fingerprint density at radius 1 is 1.14 bits per heavy atom. The second-order valence-corrected chi connectivity index (χ2v) is 5.43. The monoisotopic (exact) mass is 312 g/mol. The van der Waals surface area contributed by atoms with E-state index in [2.05, 4.69) is 5.32 Å². The molecule has 0 atom stereocenters. The molecular formula is C15H21ClN2O3. The van der Waals surface area contributed by atoms with Crippen LogP contribution in [0.15, 0.2) is 18.2 Å². The zero-order chi connectivity index (χ0) is 13.8. The van der Waals surface area contributed by atoms with Crippen LogP contribution >= 0.6 is 0 Å². The number of hydrogen-bond acceptors (Lipinski definition) is 3. The van der Waals surface area contributed by atoms with E-state index in [4.69, 9.17) is 9.47 Å². The Hall–Kier alpha value is -1.46. The van der Waals surface area contributed by atoms with Crippen LogP contribution in [0.4, 0.5) is 5.69 Å². The average molecular weight is 313 g/mol. The van der Waals surface area contributed by atoms with Crippen molar-refractivity contribution < 1.29 is 31.6 Å². The lowest BCUT2D eigenvalue weighted by atomic mass is 10.2. The molecule has 2 aliphatic heterocycles. The molecule has 0 unspecified atom stereocenters. The standard InChI is InChI=1S/C15H20N2O3.ClH/c18-14(10-17-8-3-1-2-4-9-17)16-12-6-5-7-13-15(12)20-11-19-13;/h5-7H,1-4,8-11H2,(H,16,18);1H. The van der Waals surface area contributed by atoms with Crippen LogP contribution in [0, 0.1) is 0 Å². The van der Waals surface area contributed by atoms with E-state index in [9.17, 15) is 4.79 Å². The third-order valence-electron chi connectivity index (χ3n) is 3.89. The highest BCUT2D eigenvalue weighted by atomic mass is 35.5. The topological polar surface area (TPSA) is 52.0 Å². The Bertz CT molecular complexity index is 488. The number of amides is 1. The highest BCUT2D eigenvalue weighted by molar-refractivity contribution is 5.93. The first kappa shape index (κ1) is 15.9. The van der Waals surface area contributed by atoms with Gasteiger partial charge in [0.1, 0.15) is 0 Å². The molecule has 6 heteroatoms. The van der Waals surface area contributed by atoms with Crippen LogP contribution in [0.3, 0.4) is 0 Å². The summed E-state index contributed by atoms with van der Waals surface area (Å²) in [6.45, 7) is 2.95. The van der Waals surface area contributed by atoms with Gasteiger partial charge in [0.15, 0.2) is 18.0 Å². The molecule has 2 heterocycles. The summed E-state index contributed by atoms with van der Waals surface area (Å²) >= 11 is 0. The number of likely N-dealkylation sites (tertiary alicyclic amines) is 1. The first-order chi connectivity index (χ1) is 9.83. The molecule has 3 rings (SSSR count). The number of halogens is 1. The van der Waals surface area contributed by atoms with Crippen LogP contribution < -0.4 is 32.1 Å². The molecule has 0 radical (unpaired) electrons. The molecule has 1 fully saturated rings. The molecule has 21 heavy (non-hydrogen) atoms. The zero-order valence-corrected chi connectivity index (χ0v) is 12.7. The predicted octanol–water partition coefficient (Wildman–Crippen LogP) is -2.18. The maximum Gasteiger partial charge on any atom is 0.279 e. The van der Waals surface area contributed by atoms with Gasteiger partial charge < -0.3 is 32.1 Å². The first-order valence-electron chi connectivity index (χ1n) is 7.35. The van der Waals surface area contributed by atoms with Gasteiger partial charge in [-0.05, 0) is 37.8 Å². The average Bonchev–Trinajstić information content (AvgIpc) is 2.78. The Labute approximate surface area is 131 Å². The van der Waals surface area contributed by atoms with E-state index < -0.39 is 0 Å². The fourth-order valence-corrected chi connectivity index (χ4v) is 2.86. The Kier molecular flexibility index (Phi) is 5.70. The summed E-state index contributed by atoms with van der Waals surface area (Å²) < 4.78 is 10.7. The lowest BCUT2D eigenvalue weighted by Gasteiger charge is -2.16. The first-order valence-corrected chi connectivity index (χ1v) is 7.35. The molecule has 0 spiro atoms. The number of nitrogens with one attached hydrogen (secondary N) is 2. The minimum atomic E-state index is 0. The normalized spacial score (nSPS) is 17.7. The zero-order valence-electron chi connectivity index (χ0n) is 12.0. The number of quaternary nitrogens is 1. The van der Waals surface area contributed by atoms with Gasteiger partial charge in [-0.25, -0.2) is 0 Å². The van der Waals surface area contributed by atoms with Crippen molar-refractivity contribution >= 4 is 11.6 Å². The molecule has 0 aromatic heterocycles. The van der Waals surface area contributed by atoms with E-state index in [0.29, 0.717) is 23.7 Å². The molecule has 5 nitrogen and oxygen atoms in total. The van der Waals surface area contributed by atoms with Crippen LogP contribution in [-0.2, 0) is 4.79 Å². The van der Waals surface area contributed by atoms with Crippen LogP contribution in [0.2, 0.25) is 0 Å².